The van der Waals surface area contributed by atoms with E-state index in [9.17, 15) is 9.59 Å². The Bertz CT molecular complexity index is 498. The number of carbonyl (C=O) groups excluding carboxylic acids is 2. The lowest BCUT2D eigenvalue weighted by molar-refractivity contribution is 0.101. The Morgan fingerprint density at radius 1 is 1.21 bits per heavy atom. The third kappa shape index (κ3) is 4.47. The van der Waals surface area contributed by atoms with E-state index in [1.807, 2.05) is 13.8 Å². The minimum absolute atomic E-state index is 0.0109. The van der Waals surface area contributed by atoms with Crippen LogP contribution in [0.1, 0.15) is 31.1 Å². The fourth-order valence-corrected chi connectivity index (χ4v) is 1.50. The van der Waals surface area contributed by atoms with Crippen LogP contribution in [0.25, 0.3) is 0 Å². The van der Waals surface area contributed by atoms with Crippen molar-refractivity contribution < 1.29 is 9.59 Å². The predicted molar refractivity (Wildman–Crippen MR) is 76.1 cm³/mol. The van der Waals surface area contributed by atoms with E-state index in [4.69, 9.17) is 6.42 Å². The van der Waals surface area contributed by atoms with Gasteiger partial charge in [0.2, 0.25) is 0 Å². The molecule has 0 aromatic heterocycles. The second-order valence-corrected chi connectivity index (χ2v) is 4.62. The molecule has 1 aromatic rings. The van der Waals surface area contributed by atoms with Crippen LogP contribution in [0.5, 0.6) is 0 Å². The van der Waals surface area contributed by atoms with Crippen LogP contribution in [-0.4, -0.2) is 17.9 Å². The second-order valence-electron chi connectivity index (χ2n) is 4.62. The predicted octanol–water partition coefficient (Wildman–Crippen LogP) is 2.67. The number of carbonyl (C=O) groups is 2. The zero-order valence-electron chi connectivity index (χ0n) is 11.4. The molecule has 2 N–H and O–H groups in total. The van der Waals surface area contributed by atoms with Crippen molar-refractivity contribution in [3.05, 3.63) is 29.8 Å². The van der Waals surface area contributed by atoms with Crippen molar-refractivity contribution in [2.24, 2.45) is 5.92 Å². The summed E-state index contributed by atoms with van der Waals surface area (Å²) in [7, 11) is 0. The van der Waals surface area contributed by atoms with E-state index in [1.54, 1.807) is 24.3 Å². The lowest BCUT2D eigenvalue weighted by atomic mass is 10.1. The van der Waals surface area contributed by atoms with Crippen LogP contribution < -0.4 is 10.6 Å². The zero-order chi connectivity index (χ0) is 14.4. The van der Waals surface area contributed by atoms with E-state index in [1.165, 1.54) is 6.92 Å². The topological polar surface area (TPSA) is 58.2 Å². The summed E-state index contributed by atoms with van der Waals surface area (Å²) < 4.78 is 0. The van der Waals surface area contributed by atoms with E-state index in [0.29, 0.717) is 11.3 Å². The van der Waals surface area contributed by atoms with Gasteiger partial charge in [0.05, 0.1) is 6.04 Å². The lowest BCUT2D eigenvalue weighted by Gasteiger charge is -2.17. The summed E-state index contributed by atoms with van der Waals surface area (Å²) in [5.41, 5.74) is 1.22. The van der Waals surface area contributed by atoms with E-state index in [0.717, 1.165) is 0 Å². The normalized spacial score (nSPS) is 11.5. The number of anilines is 1. The molecule has 100 valence electrons. The molecule has 19 heavy (non-hydrogen) atoms. The minimum Gasteiger partial charge on any atom is -0.324 e. The summed E-state index contributed by atoms with van der Waals surface area (Å²) >= 11 is 0. The number of ketones is 1. The minimum atomic E-state index is -0.354. The van der Waals surface area contributed by atoms with Crippen LogP contribution in [-0.2, 0) is 0 Å². The van der Waals surface area contributed by atoms with Crippen LogP contribution in [0, 0.1) is 18.3 Å². The average Bonchev–Trinajstić information content (AvgIpc) is 2.36. The third-order valence-electron chi connectivity index (χ3n) is 2.68. The van der Waals surface area contributed by atoms with Crippen LogP contribution in [0.15, 0.2) is 24.3 Å². The number of nitrogens with one attached hydrogen (secondary N) is 2. The molecule has 0 heterocycles. The molecule has 0 bridgehead atoms. The fourth-order valence-electron chi connectivity index (χ4n) is 1.50. The largest absolute Gasteiger partial charge is 0.324 e. The molecule has 1 unspecified atom stereocenters. The molecule has 0 saturated heterocycles. The van der Waals surface area contributed by atoms with Crippen molar-refractivity contribution in [2.45, 2.75) is 26.8 Å². The highest BCUT2D eigenvalue weighted by Gasteiger charge is 2.13. The molecule has 0 spiro atoms. The maximum Gasteiger partial charge on any atom is 0.320 e. The monoisotopic (exact) mass is 258 g/mol. The molecule has 0 fully saturated rings. The number of rotatable bonds is 4. The van der Waals surface area contributed by atoms with E-state index >= 15 is 0 Å². The Hall–Kier alpha value is -2.28. The van der Waals surface area contributed by atoms with Gasteiger partial charge in [-0.25, -0.2) is 4.79 Å². The molecule has 1 atom stereocenters. The van der Waals surface area contributed by atoms with Gasteiger partial charge in [0.25, 0.3) is 0 Å². The highest BCUT2D eigenvalue weighted by Crippen LogP contribution is 2.10. The van der Waals surface area contributed by atoms with Crippen LogP contribution in [0.4, 0.5) is 10.5 Å². The van der Waals surface area contributed by atoms with Gasteiger partial charge in [-0.3, -0.25) is 4.79 Å². The summed E-state index contributed by atoms with van der Waals surface area (Å²) in [4.78, 5) is 22.8. The summed E-state index contributed by atoms with van der Waals surface area (Å²) in [6.07, 6.45) is 5.34. The van der Waals surface area contributed by atoms with Gasteiger partial charge in [-0.2, -0.15) is 0 Å². The standard InChI is InChI=1S/C15H18N2O2/c1-5-14(10(2)3)17-15(19)16-13-8-6-12(7-9-13)11(4)18/h1,6-10,14H,2-4H3,(H2,16,17,19). The Labute approximate surface area is 113 Å². The molecule has 1 aromatic carbocycles. The molecule has 4 heteroatoms. The molecule has 4 nitrogen and oxygen atoms in total. The Kier molecular flexibility index (Phi) is 5.13. The summed E-state index contributed by atoms with van der Waals surface area (Å²) in [6, 6.07) is 6.02. The number of benzene rings is 1. The first-order chi connectivity index (χ1) is 8.93. The first-order valence-corrected chi connectivity index (χ1v) is 6.08. The number of urea groups is 1. The number of terminal acetylenes is 1. The molecular formula is C15H18N2O2. The van der Waals surface area contributed by atoms with Gasteiger partial charge >= 0.3 is 6.03 Å². The molecule has 1 rings (SSSR count). The van der Waals surface area contributed by atoms with Crippen LogP contribution >= 0.6 is 0 Å². The van der Waals surface area contributed by atoms with Gasteiger partial charge in [-0.15, -0.1) is 6.42 Å². The molecular weight excluding hydrogens is 240 g/mol. The van der Waals surface area contributed by atoms with Crippen molar-refractivity contribution in [1.82, 2.24) is 5.32 Å². The average molecular weight is 258 g/mol. The fraction of sp³-hybridized carbons (Fsp3) is 0.333. The van der Waals surface area contributed by atoms with Crippen LogP contribution in [0.3, 0.4) is 0 Å². The first-order valence-electron chi connectivity index (χ1n) is 6.08. The van der Waals surface area contributed by atoms with Crippen molar-refractivity contribution >= 4 is 17.5 Å². The van der Waals surface area contributed by atoms with E-state index in [-0.39, 0.29) is 23.8 Å². The quantitative estimate of drug-likeness (QED) is 0.644. The van der Waals surface area contributed by atoms with Crippen molar-refractivity contribution in [3.63, 3.8) is 0 Å². The molecule has 0 aliphatic carbocycles. The van der Waals surface area contributed by atoms with E-state index < -0.39 is 0 Å². The van der Waals surface area contributed by atoms with Gasteiger partial charge in [-0.1, -0.05) is 19.8 Å². The Balaban J connectivity index is 2.62. The van der Waals surface area contributed by atoms with Crippen molar-refractivity contribution in [2.75, 3.05) is 5.32 Å². The third-order valence-corrected chi connectivity index (χ3v) is 2.68. The lowest BCUT2D eigenvalue weighted by Crippen LogP contribution is -2.40. The van der Waals surface area contributed by atoms with Crippen molar-refractivity contribution in [3.8, 4) is 12.3 Å². The number of hydrogen-bond acceptors (Lipinski definition) is 2. The maximum absolute atomic E-state index is 11.7. The summed E-state index contributed by atoms with van der Waals surface area (Å²) in [5.74, 6) is 2.68. The van der Waals surface area contributed by atoms with Crippen LogP contribution in [0.2, 0.25) is 0 Å². The van der Waals surface area contributed by atoms with Gasteiger partial charge in [0.1, 0.15) is 0 Å². The van der Waals surface area contributed by atoms with Crippen molar-refractivity contribution in [1.29, 1.82) is 0 Å². The number of hydrogen-bond donors (Lipinski definition) is 2. The smallest absolute Gasteiger partial charge is 0.320 e. The first kappa shape index (κ1) is 14.8. The van der Waals surface area contributed by atoms with Gasteiger partial charge in [-0.05, 0) is 37.1 Å². The Morgan fingerprint density at radius 2 is 1.79 bits per heavy atom. The maximum atomic E-state index is 11.7. The molecule has 0 aliphatic rings. The number of amides is 2. The molecule has 0 aliphatic heterocycles. The zero-order valence-corrected chi connectivity index (χ0v) is 11.4. The highest BCUT2D eigenvalue weighted by atomic mass is 16.2. The molecule has 0 radical (unpaired) electrons. The molecule has 0 saturated carbocycles. The van der Waals surface area contributed by atoms with Gasteiger partial charge in [0.15, 0.2) is 5.78 Å². The summed E-state index contributed by atoms with van der Waals surface area (Å²) in [6.45, 7) is 5.37. The highest BCUT2D eigenvalue weighted by molar-refractivity contribution is 5.95. The van der Waals surface area contributed by atoms with E-state index in [2.05, 4.69) is 16.6 Å². The number of Topliss-reactive ketones (excluding diaryl/α,β-unsaturated/α-hetero) is 1. The SMILES string of the molecule is C#CC(NC(=O)Nc1ccc(C(C)=O)cc1)C(C)C. The second kappa shape index (κ2) is 6.60. The van der Waals surface area contributed by atoms with Gasteiger partial charge in [0, 0.05) is 11.3 Å². The summed E-state index contributed by atoms with van der Waals surface area (Å²) in [5, 5.41) is 5.37. The molecule has 2 amide bonds. The van der Waals surface area contributed by atoms with Gasteiger partial charge < -0.3 is 10.6 Å². The Morgan fingerprint density at radius 3 is 2.21 bits per heavy atom.